The Morgan fingerprint density at radius 2 is 2.32 bits per heavy atom. The molecule has 3 heterocycles. The minimum atomic E-state index is -0.675. The Morgan fingerprint density at radius 3 is 3.00 bits per heavy atom. The van der Waals surface area contributed by atoms with E-state index in [0.29, 0.717) is 12.5 Å². The van der Waals surface area contributed by atoms with E-state index in [1.54, 1.807) is 0 Å². The summed E-state index contributed by atoms with van der Waals surface area (Å²) in [6.07, 6.45) is 5.73. The van der Waals surface area contributed by atoms with E-state index in [2.05, 4.69) is 21.5 Å². The van der Waals surface area contributed by atoms with Crippen molar-refractivity contribution in [2.24, 2.45) is 11.8 Å². The Balaban J connectivity index is 1.73. The zero-order chi connectivity index (χ0) is 13.4. The van der Waals surface area contributed by atoms with Crippen LogP contribution in [0.25, 0.3) is 0 Å². The van der Waals surface area contributed by atoms with Crippen LogP contribution in [0, 0.1) is 11.8 Å². The van der Waals surface area contributed by atoms with Gasteiger partial charge in [0, 0.05) is 31.4 Å². The molecule has 2 aliphatic heterocycles. The molecule has 1 fully saturated rings. The van der Waals surface area contributed by atoms with Crippen LogP contribution in [0.3, 0.4) is 0 Å². The van der Waals surface area contributed by atoms with Crippen molar-refractivity contribution in [3.63, 3.8) is 0 Å². The largest absolute Gasteiger partial charge is 0.481 e. The van der Waals surface area contributed by atoms with Crippen molar-refractivity contribution in [2.75, 3.05) is 20.1 Å². The van der Waals surface area contributed by atoms with Crippen molar-refractivity contribution in [1.29, 1.82) is 0 Å². The number of rotatable bonds is 3. The maximum atomic E-state index is 11.1. The summed E-state index contributed by atoms with van der Waals surface area (Å²) in [6, 6.07) is 0. The first-order chi connectivity index (χ1) is 9.13. The highest BCUT2D eigenvalue weighted by Crippen LogP contribution is 2.25. The van der Waals surface area contributed by atoms with E-state index in [4.69, 9.17) is 0 Å². The van der Waals surface area contributed by atoms with Gasteiger partial charge in [0.2, 0.25) is 0 Å². The van der Waals surface area contributed by atoms with Crippen LogP contribution < -0.4 is 0 Å². The molecule has 1 aromatic rings. The average Bonchev–Trinajstić information content (AvgIpc) is 2.96. The topological polar surface area (TPSA) is 58.4 Å². The van der Waals surface area contributed by atoms with Gasteiger partial charge in [0.25, 0.3) is 0 Å². The third kappa shape index (κ3) is 2.52. The predicted molar refractivity (Wildman–Crippen MR) is 71.0 cm³/mol. The molecular weight excluding hydrogens is 242 g/mol. The summed E-state index contributed by atoms with van der Waals surface area (Å²) in [5.74, 6) is 0.834. The zero-order valence-corrected chi connectivity index (χ0v) is 11.4. The standard InChI is InChI=1S/C14H21N3O2/c1-16-5-4-10(8-16)6-13-15-7-12-3-2-11(14(18)19)9-17(12)13/h7,10-11H,2-6,8-9H2,1H3,(H,18,19). The second-order valence-electron chi connectivity index (χ2n) is 5.97. The average molecular weight is 263 g/mol. The molecule has 0 aliphatic carbocycles. The van der Waals surface area contributed by atoms with Gasteiger partial charge in [-0.2, -0.15) is 0 Å². The van der Waals surface area contributed by atoms with Crippen LogP contribution in [0.2, 0.25) is 0 Å². The minimum absolute atomic E-state index is 0.244. The van der Waals surface area contributed by atoms with Crippen LogP contribution in [0.1, 0.15) is 24.4 Å². The molecule has 2 unspecified atom stereocenters. The molecule has 19 heavy (non-hydrogen) atoms. The number of nitrogens with zero attached hydrogens (tertiary/aromatic N) is 3. The summed E-state index contributed by atoms with van der Waals surface area (Å²) in [5, 5.41) is 9.17. The second-order valence-corrected chi connectivity index (χ2v) is 5.97. The Hall–Kier alpha value is -1.36. The molecule has 0 radical (unpaired) electrons. The lowest BCUT2D eigenvalue weighted by Crippen LogP contribution is -2.28. The summed E-state index contributed by atoms with van der Waals surface area (Å²) in [6.45, 7) is 2.89. The number of carbonyl (C=O) groups is 1. The number of hydrogen-bond donors (Lipinski definition) is 1. The van der Waals surface area contributed by atoms with Gasteiger partial charge >= 0.3 is 5.97 Å². The van der Waals surface area contributed by atoms with Crippen LogP contribution >= 0.6 is 0 Å². The van der Waals surface area contributed by atoms with Gasteiger partial charge in [-0.1, -0.05) is 0 Å². The summed E-state index contributed by atoms with van der Waals surface area (Å²) in [5.41, 5.74) is 1.21. The van der Waals surface area contributed by atoms with E-state index in [0.717, 1.165) is 38.2 Å². The molecule has 2 aliphatic rings. The maximum Gasteiger partial charge on any atom is 0.308 e. The van der Waals surface area contributed by atoms with E-state index in [-0.39, 0.29) is 5.92 Å². The quantitative estimate of drug-likeness (QED) is 0.884. The van der Waals surface area contributed by atoms with Gasteiger partial charge in [0.15, 0.2) is 0 Å². The molecular formula is C14H21N3O2. The molecule has 0 aromatic carbocycles. The van der Waals surface area contributed by atoms with Crippen molar-refractivity contribution in [2.45, 2.75) is 32.2 Å². The molecule has 5 nitrogen and oxygen atoms in total. The lowest BCUT2D eigenvalue weighted by Gasteiger charge is -2.23. The number of likely N-dealkylation sites (tertiary alicyclic amines) is 1. The molecule has 104 valence electrons. The van der Waals surface area contributed by atoms with Gasteiger partial charge in [-0.25, -0.2) is 4.98 Å². The molecule has 0 saturated carbocycles. The van der Waals surface area contributed by atoms with Crippen molar-refractivity contribution in [3.8, 4) is 0 Å². The molecule has 3 rings (SSSR count). The third-order valence-corrected chi connectivity index (χ3v) is 4.48. The number of imidazole rings is 1. The Kier molecular flexibility index (Phi) is 3.31. The van der Waals surface area contributed by atoms with E-state index in [1.165, 1.54) is 12.1 Å². The summed E-state index contributed by atoms with van der Waals surface area (Å²) in [4.78, 5) is 18.0. The van der Waals surface area contributed by atoms with Gasteiger partial charge < -0.3 is 14.6 Å². The van der Waals surface area contributed by atoms with Crippen molar-refractivity contribution >= 4 is 5.97 Å². The molecule has 1 N–H and O–H groups in total. The van der Waals surface area contributed by atoms with Crippen LogP contribution in [0.5, 0.6) is 0 Å². The fourth-order valence-corrected chi connectivity index (χ4v) is 3.33. The van der Waals surface area contributed by atoms with Crippen LogP contribution in [0.4, 0.5) is 0 Å². The van der Waals surface area contributed by atoms with Gasteiger partial charge in [-0.05, 0) is 38.8 Å². The summed E-state index contributed by atoms with van der Waals surface area (Å²) < 4.78 is 2.15. The lowest BCUT2D eigenvalue weighted by molar-refractivity contribution is -0.142. The van der Waals surface area contributed by atoms with Gasteiger partial charge in [-0.15, -0.1) is 0 Å². The monoisotopic (exact) mass is 263 g/mol. The van der Waals surface area contributed by atoms with E-state index < -0.39 is 5.97 Å². The number of fused-ring (bicyclic) bond motifs is 1. The van der Waals surface area contributed by atoms with Crippen LogP contribution in [-0.2, 0) is 24.2 Å². The Morgan fingerprint density at radius 1 is 1.47 bits per heavy atom. The SMILES string of the molecule is CN1CCC(Cc2ncc3n2CC(C(=O)O)CC3)C1. The molecule has 1 saturated heterocycles. The van der Waals surface area contributed by atoms with Crippen LogP contribution in [0.15, 0.2) is 6.20 Å². The van der Waals surface area contributed by atoms with Crippen molar-refractivity contribution < 1.29 is 9.90 Å². The Bertz CT molecular complexity index is 483. The highest BCUT2D eigenvalue weighted by Gasteiger charge is 2.28. The first-order valence-corrected chi connectivity index (χ1v) is 7.08. The van der Waals surface area contributed by atoms with Crippen molar-refractivity contribution in [3.05, 3.63) is 17.7 Å². The second kappa shape index (κ2) is 4.96. The fraction of sp³-hybridized carbons (Fsp3) is 0.714. The first-order valence-electron chi connectivity index (χ1n) is 7.08. The number of aryl methyl sites for hydroxylation is 1. The minimum Gasteiger partial charge on any atom is -0.481 e. The summed E-state index contributed by atoms with van der Waals surface area (Å²) in [7, 11) is 2.15. The lowest BCUT2D eigenvalue weighted by atomic mass is 9.97. The fourth-order valence-electron chi connectivity index (χ4n) is 3.33. The number of hydrogen-bond acceptors (Lipinski definition) is 3. The third-order valence-electron chi connectivity index (χ3n) is 4.48. The molecule has 0 amide bonds. The highest BCUT2D eigenvalue weighted by atomic mass is 16.4. The summed E-state index contributed by atoms with van der Waals surface area (Å²) >= 11 is 0. The molecule has 2 atom stereocenters. The van der Waals surface area contributed by atoms with E-state index >= 15 is 0 Å². The smallest absolute Gasteiger partial charge is 0.308 e. The predicted octanol–water partition coefficient (Wildman–Crippen LogP) is 1.02. The zero-order valence-electron chi connectivity index (χ0n) is 11.4. The molecule has 0 spiro atoms. The number of aliphatic carboxylic acids is 1. The van der Waals surface area contributed by atoms with Gasteiger partial charge in [0.1, 0.15) is 5.82 Å². The maximum absolute atomic E-state index is 11.1. The first kappa shape index (κ1) is 12.7. The highest BCUT2D eigenvalue weighted by molar-refractivity contribution is 5.70. The Labute approximate surface area is 113 Å². The molecule has 5 heteroatoms. The molecule has 0 bridgehead atoms. The van der Waals surface area contributed by atoms with E-state index in [1.807, 2.05) is 6.20 Å². The normalized spacial score (nSPS) is 27.4. The van der Waals surface area contributed by atoms with E-state index in [9.17, 15) is 9.90 Å². The number of carboxylic acid groups (broad SMARTS) is 1. The molecule has 1 aromatic heterocycles. The van der Waals surface area contributed by atoms with Crippen LogP contribution in [-0.4, -0.2) is 45.7 Å². The van der Waals surface area contributed by atoms with Gasteiger partial charge in [-0.3, -0.25) is 4.79 Å². The number of carboxylic acids is 1. The van der Waals surface area contributed by atoms with Gasteiger partial charge in [0.05, 0.1) is 5.92 Å². The number of aromatic nitrogens is 2. The van der Waals surface area contributed by atoms with Crippen molar-refractivity contribution in [1.82, 2.24) is 14.5 Å².